The monoisotopic (exact) mass is 294 g/mol. The first kappa shape index (κ1) is 16.6. The van der Waals surface area contributed by atoms with Crippen LogP contribution in [0.25, 0.3) is 5.57 Å². The van der Waals surface area contributed by atoms with Gasteiger partial charge in [-0.05, 0) is 27.7 Å². The molecule has 0 N–H and O–H groups in total. The van der Waals surface area contributed by atoms with Crippen LogP contribution in [0, 0.1) is 10.1 Å². The molecular weight excluding hydrogens is 276 g/mol. The van der Waals surface area contributed by atoms with Crippen LogP contribution in [0.15, 0.2) is 18.2 Å². The van der Waals surface area contributed by atoms with E-state index in [1.165, 1.54) is 25.3 Å². The van der Waals surface area contributed by atoms with Gasteiger partial charge in [-0.1, -0.05) is 6.08 Å². The van der Waals surface area contributed by atoms with Crippen molar-refractivity contribution in [1.29, 1.82) is 0 Å². The van der Waals surface area contributed by atoms with Gasteiger partial charge in [-0.2, -0.15) is 0 Å². The van der Waals surface area contributed by atoms with Crippen molar-refractivity contribution in [3.8, 4) is 5.88 Å². The number of carbonyl (C=O) groups excluding carboxylic acids is 1. The summed E-state index contributed by atoms with van der Waals surface area (Å²) in [7, 11) is 1.39. The van der Waals surface area contributed by atoms with Crippen molar-refractivity contribution in [3.05, 3.63) is 34.0 Å². The summed E-state index contributed by atoms with van der Waals surface area (Å²) >= 11 is 0. The van der Waals surface area contributed by atoms with E-state index in [9.17, 15) is 14.9 Å². The van der Waals surface area contributed by atoms with Crippen molar-refractivity contribution < 1.29 is 19.2 Å². The van der Waals surface area contributed by atoms with E-state index in [0.717, 1.165) is 0 Å². The number of methoxy groups -OCH3 is 1. The van der Waals surface area contributed by atoms with Crippen molar-refractivity contribution in [1.82, 2.24) is 4.98 Å². The number of hydrogen-bond acceptors (Lipinski definition) is 6. The number of pyridine rings is 1. The number of nitrogens with zero attached hydrogens (tertiary/aromatic N) is 2. The largest absolute Gasteiger partial charge is 0.481 e. The molecule has 1 rings (SSSR count). The fourth-order valence-electron chi connectivity index (χ4n) is 1.58. The second-order valence-electron chi connectivity index (χ2n) is 5.18. The van der Waals surface area contributed by atoms with E-state index in [1.54, 1.807) is 27.7 Å². The lowest BCUT2D eigenvalue weighted by molar-refractivity contribution is -0.385. The Morgan fingerprint density at radius 2 is 2.00 bits per heavy atom. The predicted octanol–water partition coefficient (Wildman–Crippen LogP) is 2.74. The Bertz CT molecular complexity index is 588. The van der Waals surface area contributed by atoms with Crippen molar-refractivity contribution >= 4 is 17.2 Å². The fraction of sp³-hybridized carbons (Fsp3) is 0.429. The lowest BCUT2D eigenvalue weighted by Crippen LogP contribution is -2.25. The zero-order chi connectivity index (χ0) is 16.2. The average molecular weight is 294 g/mol. The van der Waals surface area contributed by atoms with Gasteiger partial charge in [-0.15, -0.1) is 0 Å². The van der Waals surface area contributed by atoms with Gasteiger partial charge in [0.1, 0.15) is 5.60 Å². The second-order valence-corrected chi connectivity index (χ2v) is 5.18. The molecule has 0 fully saturated rings. The van der Waals surface area contributed by atoms with Crippen LogP contribution in [0.5, 0.6) is 5.88 Å². The molecule has 0 aliphatic carbocycles. The SMILES string of the molecule is C/C=C(\C(=O)OC(C)(C)C)c1nc(OC)ccc1[N+](=O)[O-]. The normalized spacial score (nSPS) is 12.0. The van der Waals surface area contributed by atoms with E-state index >= 15 is 0 Å². The maximum Gasteiger partial charge on any atom is 0.340 e. The number of nitro groups is 1. The van der Waals surface area contributed by atoms with Crippen molar-refractivity contribution in [3.63, 3.8) is 0 Å². The number of carbonyl (C=O) groups is 1. The van der Waals surface area contributed by atoms with Gasteiger partial charge < -0.3 is 9.47 Å². The number of rotatable bonds is 4. The minimum atomic E-state index is -0.709. The summed E-state index contributed by atoms with van der Waals surface area (Å²) < 4.78 is 10.2. The van der Waals surface area contributed by atoms with Gasteiger partial charge in [0.2, 0.25) is 5.88 Å². The molecular formula is C14H18N2O5. The summed E-state index contributed by atoms with van der Waals surface area (Å²) in [6.07, 6.45) is 1.43. The number of ether oxygens (including phenoxy) is 2. The molecule has 0 unspecified atom stereocenters. The van der Waals surface area contributed by atoms with Crippen molar-refractivity contribution in [2.24, 2.45) is 0 Å². The predicted molar refractivity (Wildman–Crippen MR) is 76.9 cm³/mol. The number of aromatic nitrogens is 1. The highest BCUT2D eigenvalue weighted by atomic mass is 16.6. The third-order valence-electron chi connectivity index (χ3n) is 2.42. The quantitative estimate of drug-likeness (QED) is 0.367. The van der Waals surface area contributed by atoms with E-state index in [2.05, 4.69) is 4.98 Å². The van der Waals surface area contributed by atoms with E-state index in [4.69, 9.17) is 9.47 Å². The first-order chi connectivity index (χ1) is 9.69. The Hall–Kier alpha value is -2.44. The highest BCUT2D eigenvalue weighted by Crippen LogP contribution is 2.28. The summed E-state index contributed by atoms with van der Waals surface area (Å²) in [5.74, 6) is -0.493. The Balaban J connectivity index is 3.33. The fourth-order valence-corrected chi connectivity index (χ4v) is 1.58. The van der Waals surface area contributed by atoms with E-state index in [-0.39, 0.29) is 22.8 Å². The lowest BCUT2D eigenvalue weighted by atomic mass is 10.1. The third kappa shape index (κ3) is 4.27. The van der Waals surface area contributed by atoms with Gasteiger partial charge in [0.15, 0.2) is 5.69 Å². The standard InChI is InChI=1S/C14H18N2O5/c1-6-9(13(17)21-14(2,3)4)12-10(16(18)19)7-8-11(15-12)20-5/h6-8H,1-5H3/b9-6-. The molecule has 0 amide bonds. The molecule has 0 atom stereocenters. The third-order valence-corrected chi connectivity index (χ3v) is 2.42. The highest BCUT2D eigenvalue weighted by molar-refractivity contribution is 6.17. The van der Waals surface area contributed by atoms with Crippen LogP contribution in [0.2, 0.25) is 0 Å². The first-order valence-electron chi connectivity index (χ1n) is 6.29. The van der Waals surface area contributed by atoms with Crippen LogP contribution in [0.4, 0.5) is 5.69 Å². The summed E-state index contributed by atoms with van der Waals surface area (Å²) in [5, 5.41) is 11.1. The molecule has 0 radical (unpaired) electrons. The van der Waals surface area contributed by atoms with Crippen LogP contribution in [0.3, 0.4) is 0 Å². The molecule has 1 aromatic heterocycles. The second kappa shape index (κ2) is 6.34. The first-order valence-corrected chi connectivity index (χ1v) is 6.29. The number of esters is 1. The summed E-state index contributed by atoms with van der Waals surface area (Å²) in [4.78, 5) is 26.7. The minimum absolute atomic E-state index is 0.0236. The molecule has 1 heterocycles. The van der Waals surface area contributed by atoms with Gasteiger partial charge in [0.05, 0.1) is 17.6 Å². The Morgan fingerprint density at radius 3 is 2.43 bits per heavy atom. The van der Waals surface area contributed by atoms with Crippen LogP contribution in [-0.4, -0.2) is 28.6 Å². The lowest BCUT2D eigenvalue weighted by Gasteiger charge is -2.20. The van der Waals surface area contributed by atoms with Crippen LogP contribution >= 0.6 is 0 Å². The Kier molecular flexibility index (Phi) is 5.02. The molecule has 0 spiro atoms. The summed E-state index contributed by atoms with van der Waals surface area (Å²) in [5.41, 5.74) is -1.04. The molecule has 0 saturated carbocycles. The molecule has 7 heteroatoms. The topological polar surface area (TPSA) is 91.6 Å². The van der Waals surface area contributed by atoms with Gasteiger partial charge in [0, 0.05) is 12.1 Å². The average Bonchev–Trinajstić information content (AvgIpc) is 2.37. The van der Waals surface area contributed by atoms with Gasteiger partial charge in [-0.25, -0.2) is 9.78 Å². The van der Waals surface area contributed by atoms with Crippen LogP contribution in [0.1, 0.15) is 33.4 Å². The zero-order valence-corrected chi connectivity index (χ0v) is 12.7. The van der Waals surface area contributed by atoms with Gasteiger partial charge in [0.25, 0.3) is 5.69 Å². The van der Waals surface area contributed by atoms with Crippen LogP contribution in [-0.2, 0) is 9.53 Å². The number of hydrogen-bond donors (Lipinski definition) is 0. The molecule has 114 valence electrons. The van der Waals surface area contributed by atoms with Gasteiger partial charge >= 0.3 is 5.97 Å². The highest BCUT2D eigenvalue weighted by Gasteiger charge is 2.27. The number of allylic oxidation sites excluding steroid dienone is 1. The summed E-state index contributed by atoms with van der Waals surface area (Å²) in [6, 6.07) is 2.61. The molecule has 1 aromatic rings. The Morgan fingerprint density at radius 1 is 1.38 bits per heavy atom. The minimum Gasteiger partial charge on any atom is -0.481 e. The van der Waals surface area contributed by atoms with E-state index < -0.39 is 16.5 Å². The molecule has 0 bridgehead atoms. The summed E-state index contributed by atoms with van der Waals surface area (Å²) in [6.45, 7) is 6.73. The van der Waals surface area contributed by atoms with Crippen molar-refractivity contribution in [2.45, 2.75) is 33.3 Å². The zero-order valence-electron chi connectivity index (χ0n) is 12.7. The maximum absolute atomic E-state index is 12.2. The smallest absolute Gasteiger partial charge is 0.340 e. The van der Waals surface area contributed by atoms with Gasteiger partial charge in [-0.3, -0.25) is 10.1 Å². The molecule has 0 saturated heterocycles. The molecule has 7 nitrogen and oxygen atoms in total. The maximum atomic E-state index is 12.2. The Labute approximate surface area is 122 Å². The van der Waals surface area contributed by atoms with Crippen LogP contribution < -0.4 is 4.74 Å². The van der Waals surface area contributed by atoms with E-state index in [0.29, 0.717) is 0 Å². The molecule has 0 aliphatic heterocycles. The molecule has 0 aliphatic rings. The molecule has 0 aromatic carbocycles. The van der Waals surface area contributed by atoms with Crippen molar-refractivity contribution in [2.75, 3.05) is 7.11 Å². The van der Waals surface area contributed by atoms with E-state index in [1.807, 2.05) is 0 Å². The molecule has 21 heavy (non-hydrogen) atoms.